The third-order valence-corrected chi connectivity index (χ3v) is 4.80. The molecule has 1 unspecified atom stereocenters. The molecular formula is C15H15ClN2O2S. The zero-order chi connectivity index (χ0) is 15.3. The first-order valence-corrected chi connectivity index (χ1v) is 7.67. The van der Waals surface area contributed by atoms with Gasteiger partial charge in [0.05, 0.1) is 5.02 Å². The van der Waals surface area contributed by atoms with E-state index in [0.29, 0.717) is 15.6 Å². The molecule has 4 nitrogen and oxygen atoms in total. The van der Waals surface area contributed by atoms with Crippen LogP contribution in [0.3, 0.4) is 0 Å². The van der Waals surface area contributed by atoms with E-state index in [0.717, 1.165) is 0 Å². The molecule has 0 aliphatic heterocycles. The Balaban J connectivity index is 2.30. The van der Waals surface area contributed by atoms with Gasteiger partial charge in [-0.25, -0.2) is 9.78 Å². The third-order valence-electron chi connectivity index (χ3n) is 3.21. The maximum absolute atomic E-state index is 11.8. The Bertz CT molecular complexity index is 624. The van der Waals surface area contributed by atoms with Gasteiger partial charge in [0.15, 0.2) is 5.54 Å². The monoisotopic (exact) mass is 322 g/mol. The lowest BCUT2D eigenvalue weighted by Crippen LogP contribution is -2.49. The second-order valence-corrected chi connectivity index (χ2v) is 5.78. The zero-order valence-corrected chi connectivity index (χ0v) is 13.0. The molecule has 1 heterocycles. The molecular weight excluding hydrogens is 308 g/mol. The highest BCUT2D eigenvalue weighted by molar-refractivity contribution is 7.99. The molecule has 0 saturated heterocycles. The minimum Gasteiger partial charge on any atom is -0.480 e. The topological polar surface area (TPSA) is 62.2 Å². The first-order chi connectivity index (χ1) is 10.1. The van der Waals surface area contributed by atoms with Crippen molar-refractivity contribution in [3.8, 4) is 0 Å². The number of carbonyl (C=O) groups is 1. The number of rotatable bonds is 6. The number of carboxylic acids is 1. The minimum absolute atomic E-state index is 0.277. The van der Waals surface area contributed by atoms with Gasteiger partial charge in [0, 0.05) is 11.9 Å². The van der Waals surface area contributed by atoms with Crippen molar-refractivity contribution in [2.24, 2.45) is 0 Å². The van der Waals surface area contributed by atoms with Crippen LogP contribution in [0.2, 0.25) is 5.02 Å². The Hall–Kier alpha value is -1.56. The summed E-state index contributed by atoms with van der Waals surface area (Å²) < 4.78 is 0. The molecule has 1 aromatic heterocycles. The van der Waals surface area contributed by atoms with E-state index in [1.165, 1.54) is 11.8 Å². The quantitative estimate of drug-likeness (QED) is 0.800. The first-order valence-electron chi connectivity index (χ1n) is 6.31. The number of nitrogens with one attached hydrogen (secondary N) is 1. The normalized spacial score (nSPS) is 13.6. The molecule has 0 saturated carbocycles. The Morgan fingerprint density at radius 1 is 1.33 bits per heavy atom. The van der Waals surface area contributed by atoms with Gasteiger partial charge in [0.1, 0.15) is 5.03 Å². The highest BCUT2D eigenvalue weighted by Crippen LogP contribution is 2.32. The van der Waals surface area contributed by atoms with Crippen LogP contribution in [0, 0.1) is 0 Å². The number of halogens is 1. The molecule has 0 amide bonds. The van der Waals surface area contributed by atoms with Gasteiger partial charge < -0.3 is 10.4 Å². The van der Waals surface area contributed by atoms with Gasteiger partial charge in [0.2, 0.25) is 0 Å². The summed E-state index contributed by atoms with van der Waals surface area (Å²) in [5.41, 5.74) is -0.494. The lowest BCUT2D eigenvalue weighted by atomic mass is 9.92. The molecule has 110 valence electrons. The van der Waals surface area contributed by atoms with E-state index in [9.17, 15) is 9.90 Å². The van der Waals surface area contributed by atoms with Crippen molar-refractivity contribution in [1.29, 1.82) is 0 Å². The van der Waals surface area contributed by atoms with Crippen LogP contribution in [-0.2, 0) is 10.3 Å². The lowest BCUT2D eigenvalue weighted by Gasteiger charge is -2.29. The number of thioether (sulfide) groups is 1. The SMILES string of the molecule is CNC(CSc1ncccc1Cl)(C(=O)O)c1ccccc1. The standard InChI is InChI=1S/C15H15ClN2O2S/c1-17-15(14(19)20,11-6-3-2-4-7-11)10-21-13-12(16)8-5-9-18-13/h2-9,17H,10H2,1H3,(H,19,20). The van der Waals surface area contributed by atoms with E-state index in [2.05, 4.69) is 10.3 Å². The van der Waals surface area contributed by atoms with Crippen molar-refractivity contribution in [3.63, 3.8) is 0 Å². The molecule has 6 heteroatoms. The lowest BCUT2D eigenvalue weighted by molar-refractivity contribution is -0.144. The van der Waals surface area contributed by atoms with Crippen LogP contribution in [0.4, 0.5) is 0 Å². The fraction of sp³-hybridized carbons (Fsp3) is 0.200. The summed E-state index contributed by atoms with van der Waals surface area (Å²) in [6.45, 7) is 0. The van der Waals surface area contributed by atoms with Crippen LogP contribution in [0.5, 0.6) is 0 Å². The molecule has 0 aliphatic rings. The van der Waals surface area contributed by atoms with Gasteiger partial charge in [-0.1, -0.05) is 41.9 Å². The van der Waals surface area contributed by atoms with E-state index in [1.54, 1.807) is 37.5 Å². The van der Waals surface area contributed by atoms with Gasteiger partial charge in [-0.2, -0.15) is 0 Å². The predicted octanol–water partition coefficient (Wildman–Crippen LogP) is 3.03. The number of pyridine rings is 1. The summed E-state index contributed by atoms with van der Waals surface area (Å²) in [6, 6.07) is 12.6. The molecule has 0 fully saturated rings. The van der Waals surface area contributed by atoms with Crippen molar-refractivity contribution in [2.45, 2.75) is 10.6 Å². The fourth-order valence-corrected chi connectivity index (χ4v) is 3.38. The second kappa shape index (κ2) is 6.93. The number of hydrogen-bond acceptors (Lipinski definition) is 4. The summed E-state index contributed by atoms with van der Waals surface area (Å²) in [5.74, 6) is -0.657. The van der Waals surface area contributed by atoms with Crippen LogP contribution >= 0.6 is 23.4 Å². The average molecular weight is 323 g/mol. The Labute approximate surface area is 132 Å². The fourth-order valence-electron chi connectivity index (χ4n) is 1.97. The summed E-state index contributed by atoms with van der Waals surface area (Å²) in [6.07, 6.45) is 1.64. The molecule has 0 bridgehead atoms. The van der Waals surface area contributed by atoms with Crippen molar-refractivity contribution in [3.05, 3.63) is 59.2 Å². The zero-order valence-electron chi connectivity index (χ0n) is 11.4. The van der Waals surface area contributed by atoms with E-state index < -0.39 is 11.5 Å². The highest BCUT2D eigenvalue weighted by atomic mass is 35.5. The predicted molar refractivity (Wildman–Crippen MR) is 84.8 cm³/mol. The van der Waals surface area contributed by atoms with Crippen molar-refractivity contribution < 1.29 is 9.90 Å². The smallest absolute Gasteiger partial charge is 0.329 e. The molecule has 1 aromatic carbocycles. The van der Waals surface area contributed by atoms with Crippen LogP contribution in [0.15, 0.2) is 53.7 Å². The molecule has 21 heavy (non-hydrogen) atoms. The highest BCUT2D eigenvalue weighted by Gasteiger charge is 2.39. The maximum atomic E-state index is 11.8. The van der Waals surface area contributed by atoms with E-state index in [4.69, 9.17) is 11.6 Å². The average Bonchev–Trinajstić information content (AvgIpc) is 2.51. The van der Waals surface area contributed by atoms with Crippen LogP contribution in [-0.4, -0.2) is 28.9 Å². The molecule has 0 radical (unpaired) electrons. The van der Waals surface area contributed by atoms with Gasteiger partial charge in [-0.05, 0) is 24.7 Å². The number of hydrogen-bond donors (Lipinski definition) is 2. The van der Waals surface area contributed by atoms with Gasteiger partial charge in [0.25, 0.3) is 0 Å². The summed E-state index contributed by atoms with van der Waals surface area (Å²) in [4.78, 5) is 16.0. The molecule has 0 spiro atoms. The maximum Gasteiger partial charge on any atom is 0.329 e. The number of benzene rings is 1. The number of carboxylic acid groups (broad SMARTS) is 1. The number of aliphatic carboxylic acids is 1. The van der Waals surface area contributed by atoms with Crippen LogP contribution in [0.25, 0.3) is 0 Å². The molecule has 2 aromatic rings. The number of aromatic nitrogens is 1. The van der Waals surface area contributed by atoms with Gasteiger partial charge in [-0.3, -0.25) is 0 Å². The summed E-state index contributed by atoms with van der Waals surface area (Å²) in [7, 11) is 1.64. The van der Waals surface area contributed by atoms with Crippen molar-refractivity contribution in [2.75, 3.05) is 12.8 Å². The Morgan fingerprint density at radius 2 is 2.05 bits per heavy atom. The van der Waals surface area contributed by atoms with Crippen molar-refractivity contribution >= 4 is 29.3 Å². The van der Waals surface area contributed by atoms with E-state index >= 15 is 0 Å². The van der Waals surface area contributed by atoms with E-state index in [-0.39, 0.29) is 5.75 Å². The summed E-state index contributed by atoms with van der Waals surface area (Å²) in [5, 5.41) is 13.8. The second-order valence-electron chi connectivity index (χ2n) is 4.41. The van der Waals surface area contributed by atoms with Crippen LogP contribution < -0.4 is 5.32 Å². The number of likely N-dealkylation sites (N-methyl/N-ethyl adjacent to an activating group) is 1. The Kier molecular flexibility index (Phi) is 5.22. The minimum atomic E-state index is -1.19. The van der Waals surface area contributed by atoms with E-state index in [1.807, 2.05) is 18.2 Å². The molecule has 2 N–H and O–H groups in total. The van der Waals surface area contributed by atoms with Gasteiger partial charge >= 0.3 is 5.97 Å². The number of nitrogens with zero attached hydrogens (tertiary/aromatic N) is 1. The summed E-state index contributed by atoms with van der Waals surface area (Å²) >= 11 is 7.39. The molecule has 0 aliphatic carbocycles. The molecule has 2 rings (SSSR count). The third kappa shape index (κ3) is 3.37. The Morgan fingerprint density at radius 3 is 2.62 bits per heavy atom. The molecule has 1 atom stereocenters. The van der Waals surface area contributed by atoms with Gasteiger partial charge in [-0.15, -0.1) is 11.8 Å². The first kappa shape index (κ1) is 15.8. The largest absolute Gasteiger partial charge is 0.480 e. The van der Waals surface area contributed by atoms with Crippen molar-refractivity contribution in [1.82, 2.24) is 10.3 Å². The van der Waals surface area contributed by atoms with Crippen LogP contribution in [0.1, 0.15) is 5.56 Å².